The highest BCUT2D eigenvalue weighted by Crippen LogP contribution is 2.22. The topological polar surface area (TPSA) is 75.7 Å². The summed E-state index contributed by atoms with van der Waals surface area (Å²) in [7, 11) is -3.46. The van der Waals surface area contributed by atoms with Gasteiger partial charge in [-0.05, 0) is 56.5 Å². The molecular formula is C23H32N2O4S. The second-order valence-electron chi connectivity index (χ2n) is 7.30. The Morgan fingerprint density at radius 3 is 2.23 bits per heavy atom. The molecule has 0 aliphatic heterocycles. The summed E-state index contributed by atoms with van der Waals surface area (Å²) in [5.74, 6) is 0.610. The third-order valence-corrected chi connectivity index (χ3v) is 6.02. The molecule has 0 aromatic heterocycles. The smallest absolute Gasteiger partial charge is 0.232 e. The van der Waals surface area contributed by atoms with E-state index in [-0.39, 0.29) is 24.9 Å². The first-order valence-electron chi connectivity index (χ1n) is 10.3. The van der Waals surface area contributed by atoms with Crippen LogP contribution in [-0.2, 0) is 14.8 Å². The maximum absolute atomic E-state index is 12.4. The van der Waals surface area contributed by atoms with Gasteiger partial charge >= 0.3 is 0 Å². The van der Waals surface area contributed by atoms with E-state index in [1.165, 1.54) is 16.1 Å². The lowest BCUT2D eigenvalue weighted by Gasteiger charge is -2.23. The number of anilines is 1. The molecule has 1 N–H and O–H groups in total. The van der Waals surface area contributed by atoms with E-state index in [0.29, 0.717) is 24.5 Å². The number of ether oxygens (including phenoxy) is 1. The second kappa shape index (κ2) is 11.0. The molecule has 1 amide bonds. The van der Waals surface area contributed by atoms with E-state index in [0.717, 1.165) is 12.0 Å². The van der Waals surface area contributed by atoms with E-state index >= 15 is 0 Å². The summed E-state index contributed by atoms with van der Waals surface area (Å²) in [6, 6.07) is 15.0. The van der Waals surface area contributed by atoms with Gasteiger partial charge in [0.2, 0.25) is 15.9 Å². The third-order valence-electron chi connectivity index (χ3n) is 4.82. The number of carbonyl (C=O) groups excluding carboxylic acids is 1. The van der Waals surface area contributed by atoms with Crippen LogP contribution in [0.4, 0.5) is 5.69 Å². The van der Waals surface area contributed by atoms with Crippen LogP contribution in [0.1, 0.15) is 50.3 Å². The molecule has 164 valence electrons. The van der Waals surface area contributed by atoms with Crippen molar-refractivity contribution in [3.63, 3.8) is 0 Å². The Hall–Kier alpha value is -2.54. The lowest BCUT2D eigenvalue weighted by atomic mass is 10.0. The van der Waals surface area contributed by atoms with Gasteiger partial charge < -0.3 is 10.1 Å². The number of amides is 1. The minimum atomic E-state index is -3.46. The highest BCUT2D eigenvalue weighted by Gasteiger charge is 2.18. The Balaban J connectivity index is 1.95. The molecule has 0 unspecified atom stereocenters. The molecule has 0 spiro atoms. The van der Waals surface area contributed by atoms with Crippen molar-refractivity contribution in [1.82, 2.24) is 5.32 Å². The highest BCUT2D eigenvalue weighted by molar-refractivity contribution is 7.92. The molecule has 0 radical (unpaired) electrons. The molecule has 0 aliphatic rings. The van der Waals surface area contributed by atoms with Crippen molar-refractivity contribution >= 4 is 21.6 Å². The Morgan fingerprint density at radius 2 is 1.70 bits per heavy atom. The van der Waals surface area contributed by atoms with Crippen LogP contribution in [0.15, 0.2) is 48.5 Å². The van der Waals surface area contributed by atoms with Crippen LogP contribution >= 0.6 is 0 Å². The summed E-state index contributed by atoms with van der Waals surface area (Å²) in [6.45, 7) is 6.74. The van der Waals surface area contributed by atoms with Gasteiger partial charge in [-0.15, -0.1) is 0 Å². The van der Waals surface area contributed by atoms with Gasteiger partial charge in [-0.3, -0.25) is 9.10 Å². The van der Waals surface area contributed by atoms with Crippen molar-refractivity contribution in [3.05, 3.63) is 59.7 Å². The Labute approximate surface area is 180 Å². The van der Waals surface area contributed by atoms with Gasteiger partial charge in [-0.2, -0.15) is 0 Å². The predicted octanol–water partition coefficient (Wildman–Crippen LogP) is 4.21. The van der Waals surface area contributed by atoms with Crippen molar-refractivity contribution in [1.29, 1.82) is 0 Å². The lowest BCUT2D eigenvalue weighted by molar-refractivity contribution is -0.121. The molecule has 0 aliphatic carbocycles. The van der Waals surface area contributed by atoms with E-state index in [4.69, 9.17) is 4.74 Å². The molecular weight excluding hydrogens is 400 g/mol. The first-order valence-corrected chi connectivity index (χ1v) is 12.2. The van der Waals surface area contributed by atoms with Gasteiger partial charge in [0.15, 0.2) is 0 Å². The van der Waals surface area contributed by atoms with Gasteiger partial charge in [0.25, 0.3) is 0 Å². The van der Waals surface area contributed by atoms with Crippen molar-refractivity contribution in [2.45, 2.75) is 46.1 Å². The maximum Gasteiger partial charge on any atom is 0.232 e. The van der Waals surface area contributed by atoms with Crippen molar-refractivity contribution in [3.8, 4) is 5.75 Å². The molecule has 6 nitrogen and oxygen atoms in total. The van der Waals surface area contributed by atoms with Crippen LogP contribution in [0, 0.1) is 6.92 Å². The van der Waals surface area contributed by atoms with Crippen molar-refractivity contribution < 1.29 is 17.9 Å². The molecule has 2 aromatic carbocycles. The predicted molar refractivity (Wildman–Crippen MR) is 121 cm³/mol. The van der Waals surface area contributed by atoms with Crippen LogP contribution in [0.25, 0.3) is 0 Å². The SMILES string of the molecule is CCOc1ccc(N(CCCC(=O)N[C@@H](CC)c2ccc(C)cc2)S(C)(=O)=O)cc1. The van der Waals surface area contributed by atoms with Crippen LogP contribution in [0.5, 0.6) is 5.75 Å². The summed E-state index contributed by atoms with van der Waals surface area (Å²) in [5, 5.41) is 3.05. The molecule has 2 rings (SSSR count). The number of hydrogen-bond donors (Lipinski definition) is 1. The summed E-state index contributed by atoms with van der Waals surface area (Å²) >= 11 is 0. The fourth-order valence-corrected chi connectivity index (χ4v) is 4.20. The van der Waals surface area contributed by atoms with Gasteiger partial charge in [0, 0.05) is 13.0 Å². The van der Waals surface area contributed by atoms with E-state index in [2.05, 4.69) is 5.32 Å². The largest absolute Gasteiger partial charge is 0.494 e. The molecule has 2 aromatic rings. The second-order valence-corrected chi connectivity index (χ2v) is 9.21. The van der Waals surface area contributed by atoms with Gasteiger partial charge in [0.1, 0.15) is 5.75 Å². The summed E-state index contributed by atoms with van der Waals surface area (Å²) < 4.78 is 31.2. The summed E-state index contributed by atoms with van der Waals surface area (Å²) in [6.07, 6.45) is 2.65. The zero-order valence-electron chi connectivity index (χ0n) is 18.2. The Bertz CT molecular complexity index is 909. The molecule has 0 saturated carbocycles. The Morgan fingerprint density at radius 1 is 1.07 bits per heavy atom. The average molecular weight is 433 g/mol. The lowest BCUT2D eigenvalue weighted by Crippen LogP contribution is -2.33. The Kier molecular flexibility index (Phi) is 8.72. The quantitative estimate of drug-likeness (QED) is 0.577. The number of sulfonamides is 1. The first-order chi connectivity index (χ1) is 14.2. The molecule has 30 heavy (non-hydrogen) atoms. The average Bonchev–Trinajstić information content (AvgIpc) is 2.70. The number of carbonyl (C=O) groups is 1. The van der Waals surface area contributed by atoms with E-state index < -0.39 is 10.0 Å². The number of benzene rings is 2. The maximum atomic E-state index is 12.4. The number of aryl methyl sites for hydroxylation is 1. The third kappa shape index (κ3) is 7.06. The first kappa shape index (κ1) is 23.7. The highest BCUT2D eigenvalue weighted by atomic mass is 32.2. The molecule has 0 saturated heterocycles. The minimum Gasteiger partial charge on any atom is -0.494 e. The fraction of sp³-hybridized carbons (Fsp3) is 0.435. The van der Waals surface area contributed by atoms with Crippen LogP contribution < -0.4 is 14.4 Å². The van der Waals surface area contributed by atoms with Crippen LogP contribution in [-0.4, -0.2) is 33.7 Å². The fourth-order valence-electron chi connectivity index (χ4n) is 3.23. The number of nitrogens with one attached hydrogen (secondary N) is 1. The van der Waals surface area contributed by atoms with E-state index in [1.54, 1.807) is 24.3 Å². The standard InChI is InChI=1S/C23H32N2O4S/c1-5-22(19-11-9-18(3)10-12-19)24-23(26)8-7-17-25(30(4,27)28)20-13-15-21(16-14-20)29-6-2/h9-16,22H,5-8,17H2,1-4H3,(H,24,26)/t22-/m0/s1. The molecule has 0 heterocycles. The number of nitrogens with zero attached hydrogens (tertiary/aromatic N) is 1. The minimum absolute atomic E-state index is 0.0461. The van der Waals surface area contributed by atoms with E-state index in [9.17, 15) is 13.2 Å². The molecule has 0 fully saturated rings. The van der Waals surface area contributed by atoms with E-state index in [1.807, 2.05) is 45.0 Å². The molecule has 0 bridgehead atoms. The number of rotatable bonds is 11. The molecule has 7 heteroatoms. The zero-order valence-corrected chi connectivity index (χ0v) is 19.0. The monoisotopic (exact) mass is 432 g/mol. The van der Waals surface area contributed by atoms with Gasteiger partial charge in [-0.25, -0.2) is 8.42 Å². The van der Waals surface area contributed by atoms with Gasteiger partial charge in [-0.1, -0.05) is 36.8 Å². The van der Waals surface area contributed by atoms with Crippen molar-refractivity contribution in [2.75, 3.05) is 23.7 Å². The zero-order chi connectivity index (χ0) is 22.1. The number of hydrogen-bond acceptors (Lipinski definition) is 4. The molecule has 1 atom stereocenters. The summed E-state index contributed by atoms with van der Waals surface area (Å²) in [5.41, 5.74) is 2.81. The van der Waals surface area contributed by atoms with Crippen LogP contribution in [0.2, 0.25) is 0 Å². The normalized spacial score (nSPS) is 12.3. The van der Waals surface area contributed by atoms with Crippen molar-refractivity contribution in [2.24, 2.45) is 0 Å². The van der Waals surface area contributed by atoms with Gasteiger partial charge in [0.05, 0.1) is 24.6 Å². The van der Waals surface area contributed by atoms with Crippen LogP contribution in [0.3, 0.4) is 0 Å². The summed E-state index contributed by atoms with van der Waals surface area (Å²) in [4.78, 5) is 12.4.